The minimum Gasteiger partial charge on any atom is -0.382 e. The summed E-state index contributed by atoms with van der Waals surface area (Å²) >= 11 is 0. The van der Waals surface area contributed by atoms with Crippen LogP contribution >= 0.6 is 7.60 Å². The van der Waals surface area contributed by atoms with Gasteiger partial charge in [-0.25, -0.2) is 19.3 Å². The standard InChI is InChI=1S/C11H15FN5O4P/c12-7-1-6(21-5-22(18,19)20)2-8(7)17-4-16-9-10(13)14-3-15-11(9)17/h3-4,6-8H,1-2,5H2,(H2,13,14,15)(H2,18,19,20)/t6?,7?,8-/m1/s1. The Bertz CT molecular complexity index is 734. The lowest BCUT2D eigenvalue weighted by atomic mass is 10.2. The van der Waals surface area contributed by atoms with Crippen LogP contribution in [0.4, 0.5) is 10.2 Å². The maximum absolute atomic E-state index is 14.3. The van der Waals surface area contributed by atoms with Gasteiger partial charge in [0.2, 0.25) is 0 Å². The molecule has 0 spiro atoms. The first-order chi connectivity index (χ1) is 10.3. The van der Waals surface area contributed by atoms with Crippen molar-refractivity contribution in [2.75, 3.05) is 12.1 Å². The number of fused-ring (bicyclic) bond motifs is 1. The van der Waals surface area contributed by atoms with Crippen molar-refractivity contribution in [2.45, 2.75) is 31.2 Å². The van der Waals surface area contributed by atoms with Gasteiger partial charge in [-0.1, -0.05) is 0 Å². The van der Waals surface area contributed by atoms with E-state index in [1.165, 1.54) is 12.7 Å². The van der Waals surface area contributed by atoms with E-state index in [0.717, 1.165) is 0 Å². The third-order valence-electron chi connectivity index (χ3n) is 3.63. The average Bonchev–Trinajstić information content (AvgIpc) is 3.00. The van der Waals surface area contributed by atoms with Crippen molar-refractivity contribution in [1.29, 1.82) is 0 Å². The summed E-state index contributed by atoms with van der Waals surface area (Å²) in [4.78, 5) is 29.6. The van der Waals surface area contributed by atoms with E-state index < -0.39 is 32.3 Å². The number of hydrogen-bond donors (Lipinski definition) is 3. The molecule has 0 amide bonds. The van der Waals surface area contributed by atoms with E-state index in [2.05, 4.69) is 15.0 Å². The summed E-state index contributed by atoms with van der Waals surface area (Å²) < 4.78 is 31.7. The number of anilines is 1. The van der Waals surface area contributed by atoms with Crippen LogP contribution in [0, 0.1) is 0 Å². The number of nitrogen functional groups attached to an aromatic ring is 1. The van der Waals surface area contributed by atoms with E-state index in [1.807, 2.05) is 0 Å². The smallest absolute Gasteiger partial charge is 0.350 e. The first kappa shape index (κ1) is 15.3. The maximum Gasteiger partial charge on any atom is 0.350 e. The van der Waals surface area contributed by atoms with Crippen molar-refractivity contribution in [3.8, 4) is 0 Å². The van der Waals surface area contributed by atoms with Gasteiger partial charge in [0.1, 0.15) is 24.4 Å². The molecule has 2 aromatic rings. The zero-order valence-electron chi connectivity index (χ0n) is 11.4. The third kappa shape index (κ3) is 2.95. The second-order valence-corrected chi connectivity index (χ2v) is 6.81. The molecule has 4 N–H and O–H groups in total. The van der Waals surface area contributed by atoms with E-state index in [0.29, 0.717) is 11.2 Å². The molecule has 2 heterocycles. The molecule has 11 heteroatoms. The van der Waals surface area contributed by atoms with Crippen LogP contribution in [0.3, 0.4) is 0 Å². The fraction of sp³-hybridized carbons (Fsp3) is 0.545. The van der Waals surface area contributed by atoms with Crippen LogP contribution in [0.1, 0.15) is 18.9 Å². The van der Waals surface area contributed by atoms with Crippen molar-refractivity contribution >= 4 is 24.6 Å². The third-order valence-corrected chi connectivity index (χ3v) is 4.12. The average molecular weight is 331 g/mol. The fourth-order valence-electron chi connectivity index (χ4n) is 2.66. The van der Waals surface area contributed by atoms with Crippen LogP contribution in [0.25, 0.3) is 11.2 Å². The molecule has 1 aliphatic carbocycles. The predicted octanol–water partition coefficient (Wildman–Crippen LogP) is 0.602. The molecule has 0 saturated heterocycles. The molecular formula is C11H15FN5O4P. The molecule has 22 heavy (non-hydrogen) atoms. The normalized spacial score (nSPS) is 25.9. The van der Waals surface area contributed by atoms with Crippen LogP contribution in [0.5, 0.6) is 0 Å². The van der Waals surface area contributed by atoms with Crippen LogP contribution in [0.2, 0.25) is 0 Å². The Balaban J connectivity index is 1.80. The molecule has 0 bridgehead atoms. The van der Waals surface area contributed by atoms with Gasteiger partial charge in [0.25, 0.3) is 0 Å². The number of nitrogens with zero attached hydrogens (tertiary/aromatic N) is 4. The topological polar surface area (TPSA) is 136 Å². The van der Waals surface area contributed by atoms with Gasteiger partial charge in [0, 0.05) is 6.42 Å². The lowest BCUT2D eigenvalue weighted by Gasteiger charge is -2.15. The highest BCUT2D eigenvalue weighted by Crippen LogP contribution is 2.40. The fourth-order valence-corrected chi connectivity index (χ4v) is 3.07. The minimum atomic E-state index is -4.26. The summed E-state index contributed by atoms with van der Waals surface area (Å²) in [6.07, 6.45) is 0.552. The van der Waals surface area contributed by atoms with Gasteiger partial charge in [-0.15, -0.1) is 0 Å². The van der Waals surface area contributed by atoms with Crippen molar-refractivity contribution in [3.05, 3.63) is 12.7 Å². The van der Waals surface area contributed by atoms with Gasteiger partial charge in [0.15, 0.2) is 11.5 Å². The SMILES string of the molecule is Nc1ncnc2c1ncn2[C@@H]1CC(OCP(=O)(O)O)CC1F. The van der Waals surface area contributed by atoms with Gasteiger partial charge >= 0.3 is 7.60 Å². The summed E-state index contributed by atoms with van der Waals surface area (Å²) in [5.41, 5.74) is 6.52. The van der Waals surface area contributed by atoms with Gasteiger partial charge in [-0.3, -0.25) is 4.57 Å². The van der Waals surface area contributed by atoms with E-state index in [4.69, 9.17) is 20.3 Å². The first-order valence-electron chi connectivity index (χ1n) is 6.58. The quantitative estimate of drug-likeness (QED) is 0.693. The van der Waals surface area contributed by atoms with Crippen molar-refractivity contribution in [1.82, 2.24) is 19.5 Å². The Hall–Kier alpha value is -1.61. The van der Waals surface area contributed by atoms with E-state index in [1.54, 1.807) is 4.57 Å². The van der Waals surface area contributed by atoms with E-state index >= 15 is 0 Å². The largest absolute Gasteiger partial charge is 0.382 e. The lowest BCUT2D eigenvalue weighted by Crippen LogP contribution is -2.14. The molecule has 2 unspecified atom stereocenters. The highest BCUT2D eigenvalue weighted by atomic mass is 31.2. The number of alkyl halides is 1. The zero-order valence-corrected chi connectivity index (χ0v) is 12.3. The highest BCUT2D eigenvalue weighted by Gasteiger charge is 2.38. The number of rotatable bonds is 4. The number of ether oxygens (including phenoxy) is 1. The van der Waals surface area contributed by atoms with Crippen molar-refractivity contribution in [3.63, 3.8) is 0 Å². The highest BCUT2D eigenvalue weighted by molar-refractivity contribution is 7.51. The molecule has 1 fully saturated rings. The Morgan fingerprint density at radius 1 is 1.41 bits per heavy atom. The predicted molar refractivity (Wildman–Crippen MR) is 74.7 cm³/mol. The second kappa shape index (κ2) is 5.54. The van der Waals surface area contributed by atoms with E-state index in [9.17, 15) is 8.96 Å². The Kier molecular flexibility index (Phi) is 3.85. The van der Waals surface area contributed by atoms with E-state index in [-0.39, 0.29) is 18.7 Å². The zero-order chi connectivity index (χ0) is 15.9. The summed E-state index contributed by atoms with van der Waals surface area (Å²) in [5, 5.41) is 0. The number of nitrogens with two attached hydrogens (primary N) is 1. The van der Waals surface area contributed by atoms with Crippen molar-refractivity contribution < 1.29 is 23.5 Å². The lowest BCUT2D eigenvalue weighted by molar-refractivity contribution is 0.0744. The number of halogens is 1. The number of hydrogen-bond acceptors (Lipinski definition) is 6. The molecule has 2 aromatic heterocycles. The first-order valence-corrected chi connectivity index (χ1v) is 8.38. The molecule has 0 radical (unpaired) electrons. The molecular weight excluding hydrogens is 316 g/mol. The summed E-state index contributed by atoms with van der Waals surface area (Å²) in [6, 6.07) is -0.568. The molecule has 9 nitrogen and oxygen atoms in total. The summed E-state index contributed by atoms with van der Waals surface area (Å²) in [6.45, 7) is 0. The van der Waals surface area contributed by atoms with Crippen molar-refractivity contribution in [2.24, 2.45) is 0 Å². The molecule has 0 aromatic carbocycles. The monoisotopic (exact) mass is 331 g/mol. The van der Waals surface area contributed by atoms with Gasteiger partial charge in [-0.05, 0) is 6.42 Å². The molecule has 3 atom stereocenters. The molecule has 120 valence electrons. The second-order valence-electron chi connectivity index (χ2n) is 5.22. The molecule has 3 rings (SSSR count). The summed E-state index contributed by atoms with van der Waals surface area (Å²) in [7, 11) is -4.26. The van der Waals surface area contributed by atoms with Gasteiger partial charge < -0.3 is 24.8 Å². The summed E-state index contributed by atoms with van der Waals surface area (Å²) in [5.74, 6) is 0.214. The van der Waals surface area contributed by atoms with Crippen LogP contribution in [-0.2, 0) is 9.30 Å². The van der Waals surface area contributed by atoms with Crippen LogP contribution in [0.15, 0.2) is 12.7 Å². The van der Waals surface area contributed by atoms with Gasteiger partial charge in [-0.2, -0.15) is 0 Å². The van der Waals surface area contributed by atoms with Crippen LogP contribution < -0.4 is 5.73 Å². The Morgan fingerprint density at radius 3 is 2.91 bits per heavy atom. The number of imidazole rings is 1. The Morgan fingerprint density at radius 2 is 2.18 bits per heavy atom. The van der Waals surface area contributed by atoms with Gasteiger partial charge in [0.05, 0.1) is 18.5 Å². The molecule has 0 aliphatic heterocycles. The van der Waals surface area contributed by atoms with Crippen LogP contribution in [-0.4, -0.2) is 47.9 Å². The molecule has 1 saturated carbocycles. The molecule has 1 aliphatic rings. The minimum absolute atomic E-state index is 0.0604. The maximum atomic E-state index is 14.3. The number of aromatic nitrogens is 4. The Labute approximate surface area is 124 Å².